The summed E-state index contributed by atoms with van der Waals surface area (Å²) in [7, 11) is 1.97. The largest absolute Gasteiger partial charge is 0.316 e. The zero-order valence-corrected chi connectivity index (χ0v) is 5.11. The first-order chi connectivity index (χ1) is 3.80. The van der Waals surface area contributed by atoms with Gasteiger partial charge in [-0.05, 0) is 12.4 Å². The van der Waals surface area contributed by atoms with Crippen molar-refractivity contribution in [2.24, 2.45) is 0 Å². The molecule has 1 aliphatic heterocycles. The first-order valence-electron chi connectivity index (χ1n) is 3.04. The fraction of sp³-hybridized carbons (Fsp3) is 0.800. The monoisotopic (exact) mass is 111 g/mol. The maximum absolute atomic E-state index is 10.8. The Balaban J connectivity index is 2.39. The Morgan fingerprint density at radius 3 is 2.88 bits per heavy atom. The van der Waals surface area contributed by atoms with E-state index in [0.717, 1.165) is 19.5 Å². The summed E-state index contributed by atoms with van der Waals surface area (Å²) in [6.45, 7) is 1.75. The van der Waals surface area contributed by atoms with Crippen LogP contribution in [0.2, 0.25) is 5.82 Å². The Bertz CT molecular complexity index is 105. The van der Waals surface area contributed by atoms with Crippen molar-refractivity contribution < 1.29 is 4.79 Å². The van der Waals surface area contributed by atoms with Crippen LogP contribution in [0.1, 0.15) is 6.42 Å². The average molecular weight is 111 g/mol. The molecular formula is C5H10BNO. The van der Waals surface area contributed by atoms with Gasteiger partial charge in [-0.2, -0.15) is 0 Å². The Labute approximate surface area is 50.1 Å². The Hall–Kier alpha value is -0.305. The highest BCUT2D eigenvalue weighted by Crippen LogP contribution is 2.05. The van der Waals surface area contributed by atoms with Gasteiger partial charge in [0, 0.05) is 13.0 Å². The van der Waals surface area contributed by atoms with Gasteiger partial charge in [-0.25, -0.2) is 0 Å². The number of nitrogens with one attached hydrogen (secondary N) is 1. The molecule has 1 aliphatic rings. The molecule has 3 heteroatoms. The van der Waals surface area contributed by atoms with Gasteiger partial charge >= 0.3 is 0 Å². The third-order valence-corrected chi connectivity index (χ3v) is 1.55. The number of ketones is 1. The minimum atomic E-state index is 0.253. The molecule has 0 aromatic heterocycles. The lowest BCUT2D eigenvalue weighted by molar-refractivity contribution is -0.119. The molecule has 0 radical (unpaired) electrons. The van der Waals surface area contributed by atoms with Crippen LogP contribution in [0, 0.1) is 0 Å². The van der Waals surface area contributed by atoms with Crippen molar-refractivity contribution in [3.05, 3.63) is 0 Å². The molecule has 0 amide bonds. The molecule has 1 saturated heterocycles. The molecule has 0 aromatic carbocycles. The summed E-state index contributed by atoms with van der Waals surface area (Å²) in [4.78, 5) is 10.8. The van der Waals surface area contributed by atoms with Gasteiger partial charge in [0.15, 0.2) is 0 Å². The van der Waals surface area contributed by atoms with Crippen LogP contribution in [0.15, 0.2) is 0 Å². The van der Waals surface area contributed by atoms with Crippen LogP contribution in [0.4, 0.5) is 0 Å². The molecule has 1 rings (SSSR count). The number of carbonyl (C=O) groups excluding carboxylic acids is 1. The van der Waals surface area contributed by atoms with E-state index in [1.165, 1.54) is 0 Å². The summed E-state index contributed by atoms with van der Waals surface area (Å²) in [6.07, 6.45) is 0.723. The Morgan fingerprint density at radius 2 is 2.50 bits per heavy atom. The van der Waals surface area contributed by atoms with E-state index < -0.39 is 0 Å². The normalized spacial score (nSPS) is 30.5. The molecule has 1 atom stereocenters. The predicted octanol–water partition coefficient (Wildman–Crippen LogP) is -1.03. The van der Waals surface area contributed by atoms with E-state index in [4.69, 9.17) is 0 Å². The minimum Gasteiger partial charge on any atom is -0.316 e. The van der Waals surface area contributed by atoms with Crippen LogP contribution >= 0.6 is 0 Å². The summed E-state index contributed by atoms with van der Waals surface area (Å²) in [6, 6.07) is 0. The summed E-state index contributed by atoms with van der Waals surface area (Å²) >= 11 is 0. The predicted molar refractivity (Wildman–Crippen MR) is 34.8 cm³/mol. The highest BCUT2D eigenvalue weighted by molar-refractivity contribution is 6.24. The van der Waals surface area contributed by atoms with Crippen molar-refractivity contribution in [2.75, 3.05) is 13.1 Å². The summed E-state index contributed by atoms with van der Waals surface area (Å²) in [5, 5.41) is 3.14. The molecule has 1 heterocycles. The molecule has 44 valence electrons. The standard InChI is InChI=1S/C5H10BNO/c6-4-3-7-2-1-5(4)8/h4,7H,1-3,6H2. The number of piperidine rings is 1. The van der Waals surface area contributed by atoms with Crippen molar-refractivity contribution in [3.63, 3.8) is 0 Å². The van der Waals surface area contributed by atoms with Gasteiger partial charge in [0.25, 0.3) is 0 Å². The molecule has 1 unspecified atom stereocenters. The molecular weight excluding hydrogens is 101 g/mol. The van der Waals surface area contributed by atoms with Crippen LogP contribution in [0.5, 0.6) is 0 Å². The molecule has 1 N–H and O–H groups in total. The highest BCUT2D eigenvalue weighted by Gasteiger charge is 2.15. The van der Waals surface area contributed by atoms with E-state index >= 15 is 0 Å². The van der Waals surface area contributed by atoms with Crippen LogP contribution in [-0.2, 0) is 4.79 Å². The lowest BCUT2D eigenvalue weighted by Gasteiger charge is -2.16. The Morgan fingerprint density at radius 1 is 1.75 bits per heavy atom. The van der Waals surface area contributed by atoms with E-state index in [1.807, 2.05) is 7.85 Å². The molecule has 8 heavy (non-hydrogen) atoms. The second kappa shape index (κ2) is 2.31. The van der Waals surface area contributed by atoms with Crippen molar-refractivity contribution in [2.45, 2.75) is 12.2 Å². The molecule has 1 fully saturated rings. The summed E-state index contributed by atoms with van der Waals surface area (Å²) < 4.78 is 0. The number of carbonyl (C=O) groups is 1. The van der Waals surface area contributed by atoms with Crippen LogP contribution in [-0.4, -0.2) is 26.7 Å². The summed E-state index contributed by atoms with van der Waals surface area (Å²) in [5.74, 6) is 0.660. The fourth-order valence-electron chi connectivity index (χ4n) is 0.890. The van der Waals surface area contributed by atoms with E-state index in [9.17, 15) is 4.79 Å². The lowest BCUT2D eigenvalue weighted by Crippen LogP contribution is -2.33. The van der Waals surface area contributed by atoms with Crippen molar-refractivity contribution in [1.82, 2.24) is 5.32 Å². The lowest BCUT2D eigenvalue weighted by atomic mass is 9.80. The highest BCUT2D eigenvalue weighted by atomic mass is 16.1. The van der Waals surface area contributed by atoms with E-state index in [2.05, 4.69) is 5.32 Å². The van der Waals surface area contributed by atoms with Gasteiger partial charge in [-0.3, -0.25) is 0 Å². The Kier molecular flexibility index (Phi) is 1.68. The SMILES string of the molecule is BC1CNCCC1=O. The first kappa shape index (κ1) is 5.82. The molecule has 2 nitrogen and oxygen atoms in total. The molecule has 0 bridgehead atoms. The quantitative estimate of drug-likeness (QED) is 0.405. The van der Waals surface area contributed by atoms with Crippen molar-refractivity contribution >= 4 is 13.6 Å². The van der Waals surface area contributed by atoms with E-state index in [-0.39, 0.29) is 5.82 Å². The number of hydrogen-bond donors (Lipinski definition) is 1. The average Bonchev–Trinajstić information content (AvgIpc) is 1.77. The zero-order chi connectivity index (χ0) is 5.98. The van der Waals surface area contributed by atoms with E-state index in [1.54, 1.807) is 0 Å². The second-order valence-corrected chi connectivity index (χ2v) is 2.32. The smallest absolute Gasteiger partial charge is 0.130 e. The van der Waals surface area contributed by atoms with Gasteiger partial charge in [0.2, 0.25) is 0 Å². The van der Waals surface area contributed by atoms with E-state index in [0.29, 0.717) is 5.78 Å². The maximum Gasteiger partial charge on any atom is 0.130 e. The zero-order valence-electron chi connectivity index (χ0n) is 5.11. The molecule has 0 aliphatic carbocycles. The first-order valence-corrected chi connectivity index (χ1v) is 3.04. The van der Waals surface area contributed by atoms with Gasteiger partial charge in [0.05, 0.1) is 0 Å². The van der Waals surface area contributed by atoms with Gasteiger partial charge in [0.1, 0.15) is 13.6 Å². The molecule has 0 spiro atoms. The maximum atomic E-state index is 10.8. The van der Waals surface area contributed by atoms with Crippen LogP contribution < -0.4 is 5.32 Å². The fourth-order valence-corrected chi connectivity index (χ4v) is 0.890. The number of hydrogen-bond acceptors (Lipinski definition) is 2. The number of Topliss-reactive ketones (excluding diaryl/α,β-unsaturated/α-hetero) is 1. The third-order valence-electron chi connectivity index (χ3n) is 1.55. The van der Waals surface area contributed by atoms with Gasteiger partial charge in [-0.1, -0.05) is 0 Å². The van der Waals surface area contributed by atoms with Crippen LogP contribution in [0.25, 0.3) is 0 Å². The molecule has 0 aromatic rings. The van der Waals surface area contributed by atoms with Gasteiger partial charge in [-0.15, -0.1) is 0 Å². The van der Waals surface area contributed by atoms with Crippen molar-refractivity contribution in [1.29, 1.82) is 0 Å². The third kappa shape index (κ3) is 1.10. The topological polar surface area (TPSA) is 29.1 Å². The van der Waals surface area contributed by atoms with Crippen molar-refractivity contribution in [3.8, 4) is 0 Å². The molecule has 0 saturated carbocycles. The van der Waals surface area contributed by atoms with Gasteiger partial charge < -0.3 is 10.1 Å². The second-order valence-electron chi connectivity index (χ2n) is 2.32. The number of rotatable bonds is 0. The van der Waals surface area contributed by atoms with Crippen LogP contribution in [0.3, 0.4) is 0 Å². The minimum absolute atomic E-state index is 0.253. The summed E-state index contributed by atoms with van der Waals surface area (Å²) in [5.41, 5.74) is 0.